The number of aryl methyl sites for hydroxylation is 1. The number of rotatable bonds is 6. The summed E-state index contributed by atoms with van der Waals surface area (Å²) in [7, 11) is 0. The summed E-state index contributed by atoms with van der Waals surface area (Å²) in [5.74, 6) is 0.431. The maximum Gasteiger partial charge on any atom is 0.243 e. The molecule has 5 heteroatoms. The van der Waals surface area contributed by atoms with E-state index < -0.39 is 0 Å². The van der Waals surface area contributed by atoms with Gasteiger partial charge in [-0.25, -0.2) is 4.39 Å². The van der Waals surface area contributed by atoms with Crippen molar-refractivity contribution < 1.29 is 13.9 Å². The number of nitrogens with zero attached hydrogens (tertiary/aromatic N) is 1. The Morgan fingerprint density at radius 3 is 2.60 bits per heavy atom. The smallest absolute Gasteiger partial charge is 0.243 e. The number of anilines is 2. The molecule has 0 spiro atoms. The molecule has 0 unspecified atom stereocenters. The molecule has 1 heterocycles. The van der Waals surface area contributed by atoms with Crippen molar-refractivity contribution in [1.82, 2.24) is 0 Å². The van der Waals surface area contributed by atoms with Gasteiger partial charge in [-0.05, 0) is 72.9 Å². The Morgan fingerprint density at radius 1 is 1.00 bits per heavy atom. The number of nitrogens with one attached hydrogen (secondary N) is 1. The minimum absolute atomic E-state index is 0.0925. The lowest BCUT2D eigenvalue weighted by molar-refractivity contribution is -0.115. The van der Waals surface area contributed by atoms with Crippen molar-refractivity contribution in [2.24, 2.45) is 0 Å². The zero-order valence-electron chi connectivity index (χ0n) is 16.8. The van der Waals surface area contributed by atoms with Gasteiger partial charge in [0.2, 0.25) is 5.91 Å². The summed E-state index contributed by atoms with van der Waals surface area (Å²) < 4.78 is 19.4. The van der Waals surface area contributed by atoms with Gasteiger partial charge in [0.05, 0.1) is 6.54 Å². The Morgan fingerprint density at radius 2 is 1.80 bits per heavy atom. The molecule has 1 aliphatic rings. The molecule has 0 aliphatic carbocycles. The van der Waals surface area contributed by atoms with Crippen LogP contribution in [0.5, 0.6) is 5.75 Å². The maximum absolute atomic E-state index is 13.6. The predicted molar refractivity (Wildman–Crippen MR) is 117 cm³/mol. The molecular formula is C25H25FN2O2. The van der Waals surface area contributed by atoms with Gasteiger partial charge < -0.3 is 15.0 Å². The van der Waals surface area contributed by atoms with Crippen molar-refractivity contribution >= 4 is 17.3 Å². The molecule has 4 rings (SSSR count). The first-order valence-corrected chi connectivity index (χ1v) is 10.3. The molecule has 30 heavy (non-hydrogen) atoms. The van der Waals surface area contributed by atoms with E-state index in [0.717, 1.165) is 54.1 Å². The van der Waals surface area contributed by atoms with E-state index in [9.17, 15) is 9.18 Å². The summed E-state index contributed by atoms with van der Waals surface area (Å²) in [5, 5.41) is 2.94. The van der Waals surface area contributed by atoms with Crippen LogP contribution in [0.4, 0.5) is 15.8 Å². The summed E-state index contributed by atoms with van der Waals surface area (Å²) in [6, 6.07) is 22.2. The van der Waals surface area contributed by atoms with Crippen LogP contribution in [0.25, 0.3) is 0 Å². The van der Waals surface area contributed by atoms with E-state index in [1.54, 1.807) is 12.1 Å². The van der Waals surface area contributed by atoms with Gasteiger partial charge in [0, 0.05) is 17.9 Å². The van der Waals surface area contributed by atoms with Gasteiger partial charge >= 0.3 is 0 Å². The molecule has 154 valence electrons. The number of carbonyl (C=O) groups is 1. The van der Waals surface area contributed by atoms with Crippen LogP contribution in [-0.2, 0) is 17.8 Å². The van der Waals surface area contributed by atoms with Gasteiger partial charge in [0.25, 0.3) is 0 Å². The van der Waals surface area contributed by atoms with E-state index >= 15 is 0 Å². The summed E-state index contributed by atoms with van der Waals surface area (Å²) in [6.45, 7) is 1.53. The molecule has 3 aromatic carbocycles. The van der Waals surface area contributed by atoms with E-state index in [0.29, 0.717) is 6.61 Å². The number of benzene rings is 3. The first-order chi connectivity index (χ1) is 14.7. The van der Waals surface area contributed by atoms with Crippen molar-refractivity contribution in [3.63, 3.8) is 0 Å². The number of hydrogen-bond acceptors (Lipinski definition) is 3. The number of amides is 1. The first kappa shape index (κ1) is 20.0. The normalized spacial score (nSPS) is 13.3. The predicted octanol–water partition coefficient (Wildman–Crippen LogP) is 5.19. The molecular weight excluding hydrogens is 379 g/mol. The second-order valence-corrected chi connectivity index (χ2v) is 7.50. The standard InChI is InChI=1S/C25H25FN2O2/c26-21-9-14-24-20(16-21)8-4-5-15-28(24)17-25(29)27-22-10-12-23(13-11-22)30-18-19-6-2-1-3-7-19/h1-3,6-7,9-14,16H,4-5,8,15,17-18H2,(H,27,29). The monoisotopic (exact) mass is 404 g/mol. The highest BCUT2D eigenvalue weighted by atomic mass is 19.1. The Balaban J connectivity index is 1.34. The molecule has 0 bridgehead atoms. The molecule has 1 amide bonds. The summed E-state index contributed by atoms with van der Waals surface area (Å²) in [5.41, 5.74) is 3.75. The largest absolute Gasteiger partial charge is 0.489 e. The van der Waals surface area contributed by atoms with Crippen LogP contribution in [0.3, 0.4) is 0 Å². The lowest BCUT2D eigenvalue weighted by atomic mass is 10.1. The number of ether oxygens (including phenoxy) is 1. The topological polar surface area (TPSA) is 41.6 Å². The van der Waals surface area contributed by atoms with Gasteiger partial charge in [-0.1, -0.05) is 30.3 Å². The minimum atomic E-state index is -0.227. The number of carbonyl (C=O) groups excluding carboxylic acids is 1. The summed E-state index contributed by atoms with van der Waals surface area (Å²) in [4.78, 5) is 14.6. The van der Waals surface area contributed by atoms with Crippen LogP contribution in [-0.4, -0.2) is 19.0 Å². The summed E-state index contributed by atoms with van der Waals surface area (Å²) in [6.07, 6.45) is 2.83. The molecule has 0 radical (unpaired) electrons. The van der Waals surface area contributed by atoms with E-state index in [2.05, 4.69) is 5.32 Å². The van der Waals surface area contributed by atoms with Crippen LogP contribution in [0.2, 0.25) is 0 Å². The van der Waals surface area contributed by atoms with Crippen molar-refractivity contribution in [3.8, 4) is 5.75 Å². The minimum Gasteiger partial charge on any atom is -0.489 e. The van der Waals surface area contributed by atoms with Gasteiger partial charge in [-0.2, -0.15) is 0 Å². The Labute approximate surface area is 176 Å². The van der Waals surface area contributed by atoms with E-state index in [4.69, 9.17) is 4.74 Å². The van der Waals surface area contributed by atoms with Gasteiger partial charge in [-0.15, -0.1) is 0 Å². The summed E-state index contributed by atoms with van der Waals surface area (Å²) >= 11 is 0. The van der Waals surface area contributed by atoms with Crippen molar-refractivity contribution in [3.05, 3.63) is 89.7 Å². The molecule has 0 aromatic heterocycles. The third-order valence-corrected chi connectivity index (χ3v) is 5.23. The lowest BCUT2D eigenvalue weighted by Crippen LogP contribution is -2.34. The Bertz CT molecular complexity index is 990. The van der Waals surface area contributed by atoms with Gasteiger partial charge in [0.15, 0.2) is 0 Å². The van der Waals surface area contributed by atoms with E-state index in [1.807, 2.05) is 59.5 Å². The number of halogens is 1. The third-order valence-electron chi connectivity index (χ3n) is 5.23. The van der Waals surface area contributed by atoms with E-state index in [1.165, 1.54) is 6.07 Å². The maximum atomic E-state index is 13.6. The molecule has 1 N–H and O–H groups in total. The van der Waals surface area contributed by atoms with Crippen LogP contribution in [0.15, 0.2) is 72.8 Å². The second-order valence-electron chi connectivity index (χ2n) is 7.50. The molecule has 0 saturated carbocycles. The molecule has 4 nitrogen and oxygen atoms in total. The van der Waals surface area contributed by atoms with Crippen molar-refractivity contribution in [1.29, 1.82) is 0 Å². The van der Waals surface area contributed by atoms with Gasteiger partial charge in [0.1, 0.15) is 18.2 Å². The van der Waals surface area contributed by atoms with Crippen LogP contribution in [0.1, 0.15) is 24.0 Å². The number of fused-ring (bicyclic) bond motifs is 1. The van der Waals surface area contributed by atoms with Crippen molar-refractivity contribution in [2.75, 3.05) is 23.3 Å². The molecule has 3 aromatic rings. The average Bonchev–Trinajstić information content (AvgIpc) is 2.95. The first-order valence-electron chi connectivity index (χ1n) is 10.3. The zero-order valence-corrected chi connectivity index (χ0v) is 16.8. The SMILES string of the molecule is O=C(CN1CCCCc2cc(F)ccc21)Nc1ccc(OCc2ccccc2)cc1. The molecule has 0 fully saturated rings. The highest BCUT2D eigenvalue weighted by Gasteiger charge is 2.18. The van der Waals surface area contributed by atoms with Crippen LogP contribution in [0, 0.1) is 5.82 Å². The highest BCUT2D eigenvalue weighted by molar-refractivity contribution is 5.94. The fourth-order valence-corrected chi connectivity index (χ4v) is 3.71. The van der Waals surface area contributed by atoms with Crippen LogP contribution >= 0.6 is 0 Å². The molecule has 0 saturated heterocycles. The molecule has 0 atom stereocenters. The quantitative estimate of drug-likeness (QED) is 0.615. The fraction of sp³-hybridized carbons (Fsp3) is 0.240. The zero-order chi connectivity index (χ0) is 20.8. The fourth-order valence-electron chi connectivity index (χ4n) is 3.71. The second kappa shape index (κ2) is 9.44. The van der Waals surface area contributed by atoms with Crippen LogP contribution < -0.4 is 15.0 Å². The highest BCUT2D eigenvalue weighted by Crippen LogP contribution is 2.27. The third kappa shape index (κ3) is 5.17. The van der Waals surface area contributed by atoms with E-state index in [-0.39, 0.29) is 18.3 Å². The average molecular weight is 404 g/mol. The van der Waals surface area contributed by atoms with Crippen molar-refractivity contribution in [2.45, 2.75) is 25.9 Å². The van der Waals surface area contributed by atoms with Gasteiger partial charge in [-0.3, -0.25) is 4.79 Å². The Hall–Kier alpha value is -3.34. The molecule has 1 aliphatic heterocycles. The lowest BCUT2D eigenvalue weighted by Gasteiger charge is -2.24. The number of hydrogen-bond donors (Lipinski definition) is 1. The Kier molecular flexibility index (Phi) is 6.28.